The van der Waals surface area contributed by atoms with Gasteiger partial charge in [0, 0.05) is 33.2 Å². The number of anilines is 1. The van der Waals surface area contributed by atoms with E-state index in [1.807, 2.05) is 26.1 Å². The van der Waals surface area contributed by atoms with Gasteiger partial charge in [0.25, 0.3) is 0 Å². The number of hydrogen-bond donors (Lipinski definition) is 0. The largest absolute Gasteiger partial charge is 0.466 e. The molecule has 5 rings (SSSR count). The highest BCUT2D eigenvalue weighted by atomic mass is 16.5. The number of piperidine rings is 1. The minimum Gasteiger partial charge on any atom is -0.466 e. The predicted octanol–water partition coefficient (Wildman–Crippen LogP) is 2.15. The first-order valence-corrected chi connectivity index (χ1v) is 12.2. The summed E-state index contributed by atoms with van der Waals surface area (Å²) < 4.78 is 12.8. The molecule has 2 fully saturated rings. The van der Waals surface area contributed by atoms with E-state index in [9.17, 15) is 4.79 Å². The van der Waals surface area contributed by atoms with Crippen LogP contribution in [0.25, 0.3) is 5.65 Å². The monoisotopic (exact) mass is 479 g/mol. The maximum absolute atomic E-state index is 12.1. The van der Waals surface area contributed by atoms with Crippen LogP contribution in [0.3, 0.4) is 0 Å². The van der Waals surface area contributed by atoms with E-state index in [0.29, 0.717) is 30.9 Å². The molecule has 10 nitrogen and oxygen atoms in total. The fraction of sp³-hybridized carbons (Fsp3) is 0.520. The van der Waals surface area contributed by atoms with Crippen molar-refractivity contribution in [2.45, 2.75) is 38.3 Å². The topological polar surface area (TPSA) is 88.3 Å². The first-order valence-electron chi connectivity index (χ1n) is 12.2. The zero-order valence-corrected chi connectivity index (χ0v) is 20.6. The van der Waals surface area contributed by atoms with Crippen LogP contribution in [0.15, 0.2) is 36.4 Å². The lowest BCUT2D eigenvalue weighted by atomic mass is 9.89. The third-order valence-electron chi connectivity index (χ3n) is 7.20. The molecule has 1 aromatic carbocycles. The number of benzene rings is 1. The molecule has 1 amide bonds. The summed E-state index contributed by atoms with van der Waals surface area (Å²) in [6, 6.07) is 13.0. The molecule has 0 unspecified atom stereocenters. The molecule has 35 heavy (non-hydrogen) atoms. The molecular formula is C25H33N7O3. The summed E-state index contributed by atoms with van der Waals surface area (Å²) in [6.45, 7) is 6.45. The van der Waals surface area contributed by atoms with Gasteiger partial charge in [-0.2, -0.15) is 4.52 Å². The van der Waals surface area contributed by atoms with Gasteiger partial charge in [0.2, 0.25) is 5.91 Å². The van der Waals surface area contributed by atoms with Crippen molar-refractivity contribution in [2.24, 2.45) is 0 Å². The maximum Gasteiger partial charge on any atom is 0.338 e. The highest BCUT2D eigenvalue weighted by Crippen LogP contribution is 2.30. The van der Waals surface area contributed by atoms with Crippen LogP contribution in [0.5, 0.6) is 6.01 Å². The van der Waals surface area contributed by atoms with Crippen LogP contribution in [0.2, 0.25) is 0 Å². The summed E-state index contributed by atoms with van der Waals surface area (Å²) in [7, 11) is 3.43. The standard InChI is InChI=1S/C25H33N7O3/c1-18-24(33)29(2)14-15-31(18)17-35-16-19-4-6-20(7-5-19)21-10-12-30(13-11-21)23-9-8-22-26-27-25(34-3)32(22)28-23/h4-9,18,21H,10-17H2,1-3H3/t18-/m1/s1. The summed E-state index contributed by atoms with van der Waals surface area (Å²) in [5, 5.41) is 12.7. The molecule has 2 aromatic heterocycles. The Morgan fingerprint density at radius 3 is 2.51 bits per heavy atom. The van der Waals surface area contributed by atoms with Crippen LogP contribution in [0.4, 0.5) is 5.82 Å². The van der Waals surface area contributed by atoms with Gasteiger partial charge in [-0.1, -0.05) is 29.4 Å². The smallest absolute Gasteiger partial charge is 0.338 e. The lowest BCUT2D eigenvalue weighted by Crippen LogP contribution is -2.54. The Hall–Kier alpha value is -3.24. The van der Waals surface area contributed by atoms with E-state index in [-0.39, 0.29) is 11.9 Å². The summed E-state index contributed by atoms with van der Waals surface area (Å²) in [4.78, 5) is 18.3. The number of aromatic nitrogens is 4. The van der Waals surface area contributed by atoms with Crippen LogP contribution in [0.1, 0.15) is 36.8 Å². The Kier molecular flexibility index (Phi) is 6.83. The van der Waals surface area contributed by atoms with Crippen molar-refractivity contribution in [1.29, 1.82) is 0 Å². The van der Waals surface area contributed by atoms with Crippen molar-refractivity contribution in [3.8, 4) is 6.01 Å². The molecule has 2 aliphatic heterocycles. The quantitative estimate of drug-likeness (QED) is 0.510. The molecule has 0 aliphatic carbocycles. The van der Waals surface area contributed by atoms with E-state index in [1.54, 1.807) is 16.5 Å². The van der Waals surface area contributed by atoms with Crippen molar-refractivity contribution in [3.05, 3.63) is 47.5 Å². The predicted molar refractivity (Wildman–Crippen MR) is 131 cm³/mol. The SMILES string of the molecule is COc1nnc2ccc(N3CCC(c4ccc(COCN5CCN(C)C(=O)[C@H]5C)cc4)CC3)nn12. The average molecular weight is 480 g/mol. The molecule has 2 saturated heterocycles. The molecule has 0 N–H and O–H groups in total. The summed E-state index contributed by atoms with van der Waals surface area (Å²) in [5.74, 6) is 1.61. The summed E-state index contributed by atoms with van der Waals surface area (Å²) >= 11 is 0. The zero-order chi connectivity index (χ0) is 24.4. The molecule has 1 atom stereocenters. The number of fused-ring (bicyclic) bond motifs is 1. The van der Waals surface area contributed by atoms with Crippen LogP contribution in [-0.4, -0.2) is 88.6 Å². The minimum absolute atomic E-state index is 0.127. The second kappa shape index (κ2) is 10.2. The number of rotatable bonds is 7. The van der Waals surface area contributed by atoms with Crippen molar-refractivity contribution >= 4 is 17.4 Å². The van der Waals surface area contributed by atoms with Gasteiger partial charge in [0.15, 0.2) is 5.65 Å². The fourth-order valence-electron chi connectivity index (χ4n) is 4.90. The van der Waals surface area contributed by atoms with Gasteiger partial charge in [-0.25, -0.2) is 0 Å². The van der Waals surface area contributed by atoms with Gasteiger partial charge in [0.1, 0.15) is 12.5 Å². The molecular weight excluding hydrogens is 446 g/mol. The number of hydrogen-bond acceptors (Lipinski definition) is 8. The van der Waals surface area contributed by atoms with Crippen LogP contribution in [0, 0.1) is 0 Å². The number of likely N-dealkylation sites (N-methyl/N-ethyl adjacent to an activating group) is 1. The normalized spacial score (nSPS) is 20.1. The molecule has 186 valence electrons. The minimum atomic E-state index is -0.127. The van der Waals surface area contributed by atoms with Crippen LogP contribution in [-0.2, 0) is 16.1 Å². The fourth-order valence-corrected chi connectivity index (χ4v) is 4.90. The van der Waals surface area contributed by atoms with Gasteiger partial charge in [-0.05, 0) is 48.9 Å². The zero-order valence-electron chi connectivity index (χ0n) is 20.6. The van der Waals surface area contributed by atoms with Gasteiger partial charge < -0.3 is 19.3 Å². The van der Waals surface area contributed by atoms with E-state index >= 15 is 0 Å². The number of amides is 1. The number of nitrogens with zero attached hydrogens (tertiary/aromatic N) is 7. The summed E-state index contributed by atoms with van der Waals surface area (Å²) in [6.07, 6.45) is 2.15. The highest BCUT2D eigenvalue weighted by molar-refractivity contribution is 5.81. The molecule has 0 saturated carbocycles. The number of carbonyl (C=O) groups excluding carboxylic acids is 1. The third kappa shape index (κ3) is 4.94. The van der Waals surface area contributed by atoms with Gasteiger partial charge in [-0.15, -0.1) is 10.2 Å². The summed E-state index contributed by atoms with van der Waals surface area (Å²) in [5.41, 5.74) is 3.20. The average Bonchev–Trinajstić information content (AvgIpc) is 3.31. The Balaban J connectivity index is 1.12. The number of ether oxygens (including phenoxy) is 2. The molecule has 0 bridgehead atoms. The van der Waals surface area contributed by atoms with Crippen molar-refractivity contribution in [3.63, 3.8) is 0 Å². The van der Waals surface area contributed by atoms with Crippen molar-refractivity contribution in [2.75, 3.05) is 52.0 Å². The second-order valence-corrected chi connectivity index (χ2v) is 9.38. The Morgan fingerprint density at radius 1 is 1.00 bits per heavy atom. The maximum atomic E-state index is 12.1. The lowest BCUT2D eigenvalue weighted by Gasteiger charge is -2.36. The van der Waals surface area contributed by atoms with E-state index in [4.69, 9.17) is 9.47 Å². The van der Waals surface area contributed by atoms with E-state index < -0.39 is 0 Å². The Bertz CT molecular complexity index is 1160. The second-order valence-electron chi connectivity index (χ2n) is 9.38. The molecule has 3 aromatic rings. The van der Waals surface area contributed by atoms with E-state index in [1.165, 1.54) is 5.56 Å². The molecule has 10 heteroatoms. The van der Waals surface area contributed by atoms with E-state index in [0.717, 1.165) is 50.4 Å². The molecule has 2 aliphatic rings. The van der Waals surface area contributed by atoms with Crippen LogP contribution >= 0.6 is 0 Å². The van der Waals surface area contributed by atoms with Crippen molar-refractivity contribution < 1.29 is 14.3 Å². The van der Waals surface area contributed by atoms with Gasteiger partial charge in [0.05, 0.1) is 19.8 Å². The third-order valence-corrected chi connectivity index (χ3v) is 7.20. The van der Waals surface area contributed by atoms with Crippen molar-refractivity contribution in [1.82, 2.24) is 29.6 Å². The molecule has 4 heterocycles. The lowest BCUT2D eigenvalue weighted by molar-refractivity contribution is -0.143. The Morgan fingerprint density at radius 2 is 1.77 bits per heavy atom. The van der Waals surface area contributed by atoms with E-state index in [2.05, 4.69) is 49.4 Å². The van der Waals surface area contributed by atoms with Gasteiger partial charge in [-0.3, -0.25) is 9.69 Å². The number of piperazine rings is 1. The first kappa shape index (κ1) is 23.5. The first-order chi connectivity index (χ1) is 17.0. The molecule has 0 spiro atoms. The number of carbonyl (C=O) groups is 1. The Labute approximate surface area is 205 Å². The highest BCUT2D eigenvalue weighted by Gasteiger charge is 2.29. The van der Waals surface area contributed by atoms with Crippen LogP contribution < -0.4 is 9.64 Å². The number of methoxy groups -OCH3 is 1. The van der Waals surface area contributed by atoms with Gasteiger partial charge >= 0.3 is 6.01 Å². The molecule has 0 radical (unpaired) electrons.